The lowest BCUT2D eigenvalue weighted by Gasteiger charge is -2.22. The number of halogens is 1. The van der Waals surface area contributed by atoms with Crippen molar-refractivity contribution in [1.82, 2.24) is 19.6 Å². The fourth-order valence-corrected chi connectivity index (χ4v) is 2.84. The molecule has 0 aliphatic carbocycles. The smallest absolute Gasteiger partial charge is 0.198 e. The molecule has 108 valence electrons. The first-order valence-corrected chi connectivity index (χ1v) is 7.50. The maximum absolute atomic E-state index is 6.10. The molecule has 0 amide bonds. The fraction of sp³-hybridized carbons (Fsp3) is 0.312. The molecule has 0 N–H and O–H groups in total. The normalized spacial score (nSPS) is 14.2. The molecule has 0 fully saturated rings. The van der Waals surface area contributed by atoms with E-state index in [1.165, 1.54) is 5.56 Å². The van der Waals surface area contributed by atoms with E-state index in [2.05, 4.69) is 53.3 Å². The topological polar surface area (TPSA) is 43.1 Å². The summed E-state index contributed by atoms with van der Waals surface area (Å²) < 4.78 is 1.94. The molecule has 0 bridgehead atoms. The molecule has 2 unspecified atom stereocenters. The standard InChI is InChI=1S/C16H17ClN4/c1-3-11(2)13(12-7-5-4-6-8-12)15-19-20-16-14(17)18-9-10-21(15)16/h4-11,13H,3H2,1-2H3. The number of aromatic nitrogens is 4. The monoisotopic (exact) mass is 300 g/mol. The Balaban J connectivity index is 2.18. The molecule has 0 aliphatic heterocycles. The number of nitrogens with zero attached hydrogens (tertiary/aromatic N) is 4. The highest BCUT2D eigenvalue weighted by molar-refractivity contribution is 6.32. The van der Waals surface area contributed by atoms with Gasteiger partial charge in [0.2, 0.25) is 0 Å². The largest absolute Gasteiger partial charge is 0.282 e. The van der Waals surface area contributed by atoms with E-state index in [1.807, 2.05) is 16.7 Å². The maximum atomic E-state index is 6.10. The number of benzene rings is 1. The van der Waals surface area contributed by atoms with Gasteiger partial charge in [0.05, 0.1) is 0 Å². The molecule has 1 aromatic carbocycles. The molecule has 2 atom stereocenters. The fourth-order valence-electron chi connectivity index (χ4n) is 2.65. The summed E-state index contributed by atoms with van der Waals surface area (Å²) in [5.41, 5.74) is 1.85. The van der Waals surface area contributed by atoms with Crippen LogP contribution in [-0.4, -0.2) is 19.6 Å². The van der Waals surface area contributed by atoms with Gasteiger partial charge in [0.1, 0.15) is 5.82 Å². The second-order valence-electron chi connectivity index (χ2n) is 5.24. The van der Waals surface area contributed by atoms with Gasteiger partial charge >= 0.3 is 0 Å². The summed E-state index contributed by atoms with van der Waals surface area (Å²) in [6.45, 7) is 4.43. The summed E-state index contributed by atoms with van der Waals surface area (Å²) in [6, 6.07) is 10.4. The van der Waals surface area contributed by atoms with Crippen LogP contribution in [0.1, 0.15) is 37.6 Å². The zero-order valence-corrected chi connectivity index (χ0v) is 12.8. The van der Waals surface area contributed by atoms with Crippen LogP contribution in [0.3, 0.4) is 0 Å². The van der Waals surface area contributed by atoms with Gasteiger partial charge in [0.25, 0.3) is 0 Å². The molecular weight excluding hydrogens is 284 g/mol. The highest BCUT2D eigenvalue weighted by atomic mass is 35.5. The molecule has 5 heteroatoms. The van der Waals surface area contributed by atoms with Crippen LogP contribution in [0.25, 0.3) is 5.65 Å². The van der Waals surface area contributed by atoms with Crippen LogP contribution in [0, 0.1) is 5.92 Å². The Morgan fingerprint density at radius 2 is 1.95 bits per heavy atom. The second-order valence-corrected chi connectivity index (χ2v) is 5.60. The van der Waals surface area contributed by atoms with Crippen LogP contribution in [-0.2, 0) is 0 Å². The van der Waals surface area contributed by atoms with Gasteiger partial charge in [0.15, 0.2) is 10.8 Å². The molecule has 3 rings (SSSR count). The molecule has 0 radical (unpaired) electrons. The van der Waals surface area contributed by atoms with Gasteiger partial charge in [-0.1, -0.05) is 62.2 Å². The van der Waals surface area contributed by atoms with Crippen molar-refractivity contribution in [3.8, 4) is 0 Å². The first-order chi connectivity index (χ1) is 10.2. The Labute approximate surface area is 128 Å². The number of hydrogen-bond acceptors (Lipinski definition) is 3. The summed E-state index contributed by atoms with van der Waals surface area (Å²) >= 11 is 6.10. The van der Waals surface area contributed by atoms with Crippen molar-refractivity contribution < 1.29 is 0 Å². The van der Waals surface area contributed by atoms with E-state index in [1.54, 1.807) is 6.20 Å². The summed E-state index contributed by atoms with van der Waals surface area (Å²) in [5, 5.41) is 8.97. The molecule has 0 aliphatic rings. The minimum absolute atomic E-state index is 0.185. The van der Waals surface area contributed by atoms with Crippen LogP contribution in [0.2, 0.25) is 5.15 Å². The zero-order chi connectivity index (χ0) is 14.8. The zero-order valence-electron chi connectivity index (χ0n) is 12.1. The summed E-state index contributed by atoms with van der Waals surface area (Å²) in [7, 11) is 0. The first-order valence-electron chi connectivity index (χ1n) is 7.12. The summed E-state index contributed by atoms with van der Waals surface area (Å²) in [6.07, 6.45) is 4.61. The lowest BCUT2D eigenvalue weighted by Crippen LogP contribution is -2.14. The van der Waals surface area contributed by atoms with Crippen LogP contribution in [0.4, 0.5) is 0 Å². The molecule has 0 saturated carbocycles. The van der Waals surface area contributed by atoms with E-state index in [-0.39, 0.29) is 5.92 Å². The second kappa shape index (κ2) is 5.82. The Kier molecular flexibility index (Phi) is 3.88. The number of rotatable bonds is 4. The van der Waals surface area contributed by atoms with Crippen molar-refractivity contribution in [2.45, 2.75) is 26.2 Å². The van der Waals surface area contributed by atoms with E-state index >= 15 is 0 Å². The molecule has 2 aromatic heterocycles. The van der Waals surface area contributed by atoms with Crippen molar-refractivity contribution in [2.24, 2.45) is 5.92 Å². The van der Waals surface area contributed by atoms with Gasteiger partial charge in [-0.15, -0.1) is 10.2 Å². The minimum atomic E-state index is 0.185. The van der Waals surface area contributed by atoms with Crippen molar-refractivity contribution >= 4 is 17.2 Å². The van der Waals surface area contributed by atoms with Gasteiger partial charge in [-0.2, -0.15) is 0 Å². The highest BCUT2D eigenvalue weighted by Crippen LogP contribution is 2.33. The third-order valence-corrected chi connectivity index (χ3v) is 4.23. The van der Waals surface area contributed by atoms with Gasteiger partial charge in [-0.3, -0.25) is 4.40 Å². The highest BCUT2D eigenvalue weighted by Gasteiger charge is 2.25. The molecule has 4 nitrogen and oxygen atoms in total. The van der Waals surface area contributed by atoms with Crippen LogP contribution >= 0.6 is 11.6 Å². The van der Waals surface area contributed by atoms with Crippen LogP contribution in [0.5, 0.6) is 0 Å². The lowest BCUT2D eigenvalue weighted by atomic mass is 9.85. The average molecular weight is 301 g/mol. The Morgan fingerprint density at radius 1 is 1.19 bits per heavy atom. The number of fused-ring (bicyclic) bond motifs is 1. The SMILES string of the molecule is CCC(C)C(c1ccccc1)c1nnc2c(Cl)nccn12. The van der Waals surface area contributed by atoms with Crippen molar-refractivity contribution in [2.75, 3.05) is 0 Å². The van der Waals surface area contributed by atoms with E-state index < -0.39 is 0 Å². The Hall–Kier alpha value is -1.94. The molecule has 3 aromatic rings. The Morgan fingerprint density at radius 3 is 2.67 bits per heavy atom. The molecule has 2 heterocycles. The maximum Gasteiger partial charge on any atom is 0.198 e. The van der Waals surface area contributed by atoms with Gasteiger partial charge in [0, 0.05) is 18.3 Å². The van der Waals surface area contributed by atoms with E-state index in [0.29, 0.717) is 16.7 Å². The van der Waals surface area contributed by atoms with Gasteiger partial charge in [-0.05, 0) is 11.5 Å². The third kappa shape index (κ3) is 2.51. The number of hydrogen-bond donors (Lipinski definition) is 0. The van der Waals surface area contributed by atoms with Crippen LogP contribution in [0.15, 0.2) is 42.7 Å². The van der Waals surface area contributed by atoms with Crippen LogP contribution < -0.4 is 0 Å². The third-order valence-electron chi connectivity index (χ3n) is 3.96. The van der Waals surface area contributed by atoms with Crippen molar-refractivity contribution in [1.29, 1.82) is 0 Å². The molecule has 21 heavy (non-hydrogen) atoms. The molecular formula is C16H17ClN4. The quantitative estimate of drug-likeness (QED) is 0.732. The Bertz CT molecular complexity index is 738. The van der Waals surface area contributed by atoms with Crippen molar-refractivity contribution in [3.05, 3.63) is 59.3 Å². The van der Waals surface area contributed by atoms with Gasteiger partial charge in [-0.25, -0.2) is 4.98 Å². The lowest BCUT2D eigenvalue weighted by molar-refractivity contribution is 0.475. The first kappa shape index (κ1) is 14.0. The van der Waals surface area contributed by atoms with E-state index in [9.17, 15) is 0 Å². The molecule has 0 saturated heterocycles. The average Bonchev–Trinajstić information content (AvgIpc) is 2.94. The van der Waals surface area contributed by atoms with E-state index in [4.69, 9.17) is 11.6 Å². The minimum Gasteiger partial charge on any atom is -0.282 e. The van der Waals surface area contributed by atoms with Gasteiger partial charge < -0.3 is 0 Å². The summed E-state index contributed by atoms with van der Waals surface area (Å²) in [4.78, 5) is 4.06. The molecule has 0 spiro atoms. The predicted molar refractivity (Wildman–Crippen MR) is 83.5 cm³/mol. The van der Waals surface area contributed by atoms with Crippen molar-refractivity contribution in [3.63, 3.8) is 0 Å². The predicted octanol–water partition coefficient (Wildman–Crippen LogP) is 3.96. The van der Waals surface area contributed by atoms with E-state index in [0.717, 1.165) is 12.2 Å². The summed E-state index contributed by atoms with van der Waals surface area (Å²) in [5.74, 6) is 1.55.